The van der Waals surface area contributed by atoms with Gasteiger partial charge in [0.1, 0.15) is 6.04 Å². The molecule has 10 nitrogen and oxygen atoms in total. The zero-order valence-corrected chi connectivity index (χ0v) is 21.1. The highest BCUT2D eigenvalue weighted by Crippen LogP contribution is 2.34. The van der Waals surface area contributed by atoms with Gasteiger partial charge < -0.3 is 9.80 Å². The van der Waals surface area contributed by atoms with Gasteiger partial charge in [-0.1, -0.05) is 24.3 Å². The van der Waals surface area contributed by atoms with E-state index >= 15 is 0 Å². The Morgan fingerprint density at radius 1 is 1.11 bits per heavy atom. The van der Waals surface area contributed by atoms with Crippen LogP contribution in [-0.4, -0.2) is 68.5 Å². The number of aromatic nitrogens is 2. The Labute approximate surface area is 216 Å². The highest BCUT2D eigenvalue weighted by Gasteiger charge is 2.45. The Morgan fingerprint density at radius 3 is 2.49 bits per heavy atom. The molecule has 4 aliphatic rings. The zero-order chi connectivity index (χ0) is 25.9. The fourth-order valence-corrected chi connectivity index (χ4v) is 5.79. The quantitative estimate of drug-likeness (QED) is 0.263. The van der Waals surface area contributed by atoms with E-state index in [2.05, 4.69) is 34.3 Å². The first-order valence-electron chi connectivity index (χ1n) is 13.2. The maximum atomic E-state index is 13.3. The van der Waals surface area contributed by atoms with Crippen molar-refractivity contribution in [2.75, 3.05) is 24.5 Å². The predicted molar refractivity (Wildman–Crippen MR) is 136 cm³/mol. The van der Waals surface area contributed by atoms with E-state index in [1.54, 1.807) is 10.4 Å². The molecule has 3 atom stereocenters. The smallest absolute Gasteiger partial charge is 0.332 e. The number of piperidine rings is 1. The van der Waals surface area contributed by atoms with E-state index in [1.807, 2.05) is 17.9 Å². The number of hydrogen-bond acceptors (Lipinski definition) is 7. The van der Waals surface area contributed by atoms with Crippen LogP contribution in [0.15, 0.2) is 48.5 Å². The fourth-order valence-electron chi connectivity index (χ4n) is 5.79. The van der Waals surface area contributed by atoms with Crippen molar-refractivity contribution in [3.05, 3.63) is 54.0 Å². The first-order valence-corrected chi connectivity index (χ1v) is 13.2. The molecule has 1 aromatic rings. The number of urea groups is 1. The van der Waals surface area contributed by atoms with Gasteiger partial charge in [0.25, 0.3) is 11.8 Å². The van der Waals surface area contributed by atoms with Crippen LogP contribution >= 0.6 is 0 Å². The van der Waals surface area contributed by atoms with Crippen LogP contribution in [0.4, 0.5) is 10.7 Å². The average molecular weight is 507 g/mol. The lowest BCUT2D eigenvalue weighted by Gasteiger charge is -2.34. The fraction of sp³-hybridized carbons (Fsp3) is 0.519. The molecule has 5 rings (SSSR count). The third-order valence-electron chi connectivity index (χ3n) is 8.12. The highest BCUT2D eigenvalue weighted by atomic mass is 16.5. The Balaban J connectivity index is 1.16. The molecule has 3 unspecified atom stereocenters. The van der Waals surface area contributed by atoms with E-state index in [0.717, 1.165) is 45.2 Å². The maximum absolute atomic E-state index is 13.3. The molecule has 0 spiro atoms. The third kappa shape index (κ3) is 5.16. The summed E-state index contributed by atoms with van der Waals surface area (Å²) in [5, 5.41) is 8.73. The van der Waals surface area contributed by atoms with Crippen LogP contribution in [0.5, 0.6) is 0 Å². The van der Waals surface area contributed by atoms with Gasteiger partial charge in [-0.2, -0.15) is 0 Å². The standard InChI is InChI=1S/C27H34N6O4/c1-18-25(35)33(23-9-7-21(8-10-23)20-5-3-2-4-6-20)27(36)32(18)17-19-11-13-31(14-12-19)26-28-15-22(16-29-26)24(34)30-37/h2-3,7,9-10,15-16,18-21,37H,4-6,8,11-14,17H2,1H3,(H,30,34). The van der Waals surface area contributed by atoms with Crippen molar-refractivity contribution in [3.8, 4) is 0 Å². The summed E-state index contributed by atoms with van der Waals surface area (Å²) in [4.78, 5) is 51.5. The maximum Gasteiger partial charge on any atom is 0.332 e. The van der Waals surface area contributed by atoms with Gasteiger partial charge in [-0.15, -0.1) is 0 Å². The Morgan fingerprint density at radius 2 is 1.86 bits per heavy atom. The molecule has 37 heavy (non-hydrogen) atoms. The summed E-state index contributed by atoms with van der Waals surface area (Å²) in [5.41, 5.74) is 2.46. The molecule has 0 bridgehead atoms. The lowest BCUT2D eigenvalue weighted by molar-refractivity contribution is -0.126. The molecule has 10 heteroatoms. The van der Waals surface area contributed by atoms with Crippen LogP contribution in [0.3, 0.4) is 0 Å². The van der Waals surface area contributed by atoms with Crippen molar-refractivity contribution in [2.24, 2.45) is 17.8 Å². The summed E-state index contributed by atoms with van der Waals surface area (Å²) >= 11 is 0. The minimum atomic E-state index is -0.654. The number of hydroxylamine groups is 1. The molecule has 196 valence electrons. The normalized spacial score (nSPS) is 26.6. The second-order valence-electron chi connectivity index (χ2n) is 10.4. The molecule has 0 saturated carbocycles. The molecule has 2 aliphatic carbocycles. The molecular weight excluding hydrogens is 472 g/mol. The summed E-state index contributed by atoms with van der Waals surface area (Å²) in [5.74, 6) is 1.09. The highest BCUT2D eigenvalue weighted by molar-refractivity contribution is 6.06. The molecule has 0 radical (unpaired) electrons. The van der Waals surface area contributed by atoms with Crippen molar-refractivity contribution in [1.82, 2.24) is 25.2 Å². The molecule has 0 aromatic carbocycles. The molecule has 3 heterocycles. The zero-order valence-electron chi connectivity index (χ0n) is 21.1. The van der Waals surface area contributed by atoms with Crippen molar-refractivity contribution in [2.45, 2.75) is 51.5 Å². The number of carbonyl (C=O) groups excluding carboxylic acids is 3. The monoisotopic (exact) mass is 506 g/mol. The van der Waals surface area contributed by atoms with E-state index < -0.39 is 11.9 Å². The minimum absolute atomic E-state index is 0.155. The van der Waals surface area contributed by atoms with Gasteiger partial charge in [-0.3, -0.25) is 14.8 Å². The lowest BCUT2D eigenvalue weighted by atomic mass is 9.79. The van der Waals surface area contributed by atoms with Crippen molar-refractivity contribution < 1.29 is 19.6 Å². The van der Waals surface area contributed by atoms with E-state index in [4.69, 9.17) is 5.21 Å². The first-order chi connectivity index (χ1) is 18.0. The Hall–Kier alpha value is -3.53. The Bertz CT molecular complexity index is 1120. The summed E-state index contributed by atoms with van der Waals surface area (Å²) < 4.78 is 0. The van der Waals surface area contributed by atoms with Gasteiger partial charge >= 0.3 is 6.03 Å². The van der Waals surface area contributed by atoms with Gasteiger partial charge in [-0.25, -0.2) is 25.1 Å². The SMILES string of the molecule is CC1C(=O)N(C2=CCC(C3CC=CCC3)C=C2)C(=O)N1CC1CCN(c2ncc(C(=O)NO)cn2)CC1. The number of allylic oxidation sites excluding steroid dienone is 5. The number of hydrogen-bond donors (Lipinski definition) is 2. The lowest BCUT2D eigenvalue weighted by Crippen LogP contribution is -2.42. The molecule has 1 aromatic heterocycles. The molecule has 2 N–H and O–H groups in total. The van der Waals surface area contributed by atoms with Gasteiger partial charge in [-0.05, 0) is 69.3 Å². The van der Waals surface area contributed by atoms with Crippen molar-refractivity contribution in [3.63, 3.8) is 0 Å². The van der Waals surface area contributed by atoms with Crippen molar-refractivity contribution in [1.29, 1.82) is 0 Å². The van der Waals surface area contributed by atoms with Crippen LogP contribution in [0.25, 0.3) is 0 Å². The number of rotatable bonds is 6. The molecular formula is C27H34N6O4. The van der Waals surface area contributed by atoms with Gasteiger partial charge in [0, 0.05) is 37.7 Å². The Kier molecular flexibility index (Phi) is 7.36. The van der Waals surface area contributed by atoms with Crippen LogP contribution in [0.2, 0.25) is 0 Å². The molecule has 2 aliphatic heterocycles. The molecule has 4 amide bonds. The number of carbonyl (C=O) groups is 3. The second-order valence-corrected chi connectivity index (χ2v) is 10.4. The van der Waals surface area contributed by atoms with Crippen LogP contribution in [0.1, 0.15) is 55.8 Å². The second kappa shape index (κ2) is 10.8. The number of nitrogens with zero attached hydrogens (tertiary/aromatic N) is 5. The number of amides is 4. The number of imide groups is 1. The first kappa shape index (κ1) is 25.1. The van der Waals surface area contributed by atoms with Gasteiger partial charge in [0.2, 0.25) is 5.95 Å². The summed E-state index contributed by atoms with van der Waals surface area (Å²) in [6.45, 7) is 3.80. The molecule has 2 fully saturated rings. The summed E-state index contributed by atoms with van der Waals surface area (Å²) in [6, 6.07) is -0.703. The summed E-state index contributed by atoms with van der Waals surface area (Å²) in [6.07, 6.45) is 19.5. The van der Waals surface area contributed by atoms with Crippen molar-refractivity contribution >= 4 is 23.8 Å². The number of nitrogens with one attached hydrogen (secondary N) is 1. The van der Waals surface area contributed by atoms with Gasteiger partial charge in [0.15, 0.2) is 0 Å². The van der Waals surface area contributed by atoms with Crippen LogP contribution < -0.4 is 10.4 Å². The van der Waals surface area contributed by atoms with Crippen LogP contribution in [-0.2, 0) is 4.79 Å². The summed E-state index contributed by atoms with van der Waals surface area (Å²) in [7, 11) is 0. The minimum Gasteiger partial charge on any atom is -0.341 e. The van der Waals surface area contributed by atoms with E-state index in [0.29, 0.717) is 30.0 Å². The van der Waals surface area contributed by atoms with Gasteiger partial charge in [0.05, 0.1) is 5.56 Å². The average Bonchev–Trinajstić information content (AvgIpc) is 3.16. The molecule has 2 saturated heterocycles. The third-order valence-corrected chi connectivity index (χ3v) is 8.12. The van der Waals surface area contributed by atoms with Crippen LogP contribution in [0, 0.1) is 17.8 Å². The number of anilines is 1. The topological polar surface area (TPSA) is 119 Å². The van der Waals surface area contributed by atoms with E-state index in [-0.39, 0.29) is 23.4 Å². The predicted octanol–water partition coefficient (Wildman–Crippen LogP) is 3.28. The largest absolute Gasteiger partial charge is 0.341 e. The van der Waals surface area contributed by atoms with E-state index in [9.17, 15) is 14.4 Å². The van der Waals surface area contributed by atoms with E-state index in [1.165, 1.54) is 23.7 Å².